The van der Waals surface area contributed by atoms with E-state index in [2.05, 4.69) is 20.9 Å². The van der Waals surface area contributed by atoms with Crippen LogP contribution in [0.3, 0.4) is 0 Å². The van der Waals surface area contributed by atoms with Gasteiger partial charge in [-0.1, -0.05) is 6.04 Å². The Balaban J connectivity index is 2.20. The minimum atomic E-state index is 1.10. The average Bonchev–Trinajstić information content (AvgIpc) is 2.39. The predicted octanol–water partition coefficient (Wildman–Crippen LogP) is -0.975. The molecule has 1 aliphatic rings. The molecule has 0 bridgehead atoms. The molecule has 1 rings (SSSR count). The molecule has 18 heavy (non-hydrogen) atoms. The topological polar surface area (TPSA) is 39.3 Å². The van der Waals surface area contributed by atoms with Crippen molar-refractivity contribution in [2.24, 2.45) is 0 Å². The molecule has 1 heterocycles. The molecule has 0 amide bonds. The van der Waals surface area contributed by atoms with Gasteiger partial charge in [0.05, 0.1) is 0 Å². The fourth-order valence-corrected chi connectivity index (χ4v) is 2.59. The summed E-state index contributed by atoms with van der Waals surface area (Å²) in [7, 11) is 1.35. The Labute approximate surface area is 116 Å². The first-order valence-corrected chi connectivity index (χ1v) is 9.19. The van der Waals surface area contributed by atoms with Gasteiger partial charge in [0.25, 0.3) is 0 Å². The van der Waals surface area contributed by atoms with Crippen LogP contribution in [0.4, 0.5) is 0 Å². The van der Waals surface area contributed by atoms with Gasteiger partial charge in [-0.3, -0.25) is 0 Å². The molecule has 0 aromatic carbocycles. The van der Waals surface area contributed by atoms with Crippen molar-refractivity contribution < 1.29 is 0 Å². The molecular formula is C13H32N4Si. The molecule has 0 radical (unpaired) electrons. The maximum Gasteiger partial charge on any atom is 0.0107 e. The SMILES string of the molecule is [SiH3]CCCN1CCCNCCNCCCNCC1. The fourth-order valence-electron chi connectivity index (χ4n) is 2.27. The van der Waals surface area contributed by atoms with E-state index in [1.54, 1.807) is 0 Å². The molecule has 1 aliphatic heterocycles. The molecule has 0 unspecified atom stereocenters. The number of rotatable bonds is 3. The van der Waals surface area contributed by atoms with E-state index >= 15 is 0 Å². The normalized spacial score (nSPS) is 22.7. The highest BCUT2D eigenvalue weighted by atomic mass is 28.1. The van der Waals surface area contributed by atoms with E-state index in [0.717, 1.165) is 39.3 Å². The smallest absolute Gasteiger partial charge is 0.0107 e. The van der Waals surface area contributed by atoms with Crippen LogP contribution in [0, 0.1) is 0 Å². The molecule has 5 heteroatoms. The van der Waals surface area contributed by atoms with Crippen LogP contribution in [-0.4, -0.2) is 74.0 Å². The summed E-state index contributed by atoms with van der Waals surface area (Å²) in [5, 5.41) is 10.5. The molecule has 4 nitrogen and oxygen atoms in total. The van der Waals surface area contributed by atoms with Gasteiger partial charge in [0.15, 0.2) is 0 Å². The van der Waals surface area contributed by atoms with Crippen LogP contribution in [0.5, 0.6) is 0 Å². The summed E-state index contributed by atoms with van der Waals surface area (Å²) in [6.07, 6.45) is 3.91. The molecule has 0 aliphatic carbocycles. The third-order valence-electron chi connectivity index (χ3n) is 3.45. The summed E-state index contributed by atoms with van der Waals surface area (Å²) in [5.41, 5.74) is 0. The zero-order chi connectivity index (χ0) is 12.9. The Morgan fingerprint density at radius 2 is 1.44 bits per heavy atom. The molecule has 0 spiro atoms. The summed E-state index contributed by atoms with van der Waals surface area (Å²) in [6.45, 7) is 10.6. The third-order valence-corrected chi connectivity index (χ3v) is 4.15. The van der Waals surface area contributed by atoms with E-state index in [0.29, 0.717) is 0 Å². The molecule has 1 fully saturated rings. The summed E-state index contributed by atoms with van der Waals surface area (Å²) < 4.78 is 0. The number of hydrogen-bond donors (Lipinski definition) is 3. The van der Waals surface area contributed by atoms with Crippen molar-refractivity contribution in [3.63, 3.8) is 0 Å². The summed E-state index contributed by atoms with van der Waals surface area (Å²) in [5.74, 6) is 0. The molecule has 0 atom stereocenters. The first-order valence-electron chi connectivity index (χ1n) is 7.78. The third kappa shape index (κ3) is 9.05. The molecule has 3 N–H and O–H groups in total. The highest BCUT2D eigenvalue weighted by Crippen LogP contribution is 1.96. The van der Waals surface area contributed by atoms with Gasteiger partial charge >= 0.3 is 0 Å². The minimum absolute atomic E-state index is 1.10. The summed E-state index contributed by atoms with van der Waals surface area (Å²) >= 11 is 0. The van der Waals surface area contributed by atoms with Gasteiger partial charge in [0, 0.05) is 36.4 Å². The van der Waals surface area contributed by atoms with Crippen LogP contribution >= 0.6 is 0 Å². The van der Waals surface area contributed by atoms with Crippen molar-refractivity contribution in [3.05, 3.63) is 0 Å². The fraction of sp³-hybridized carbons (Fsp3) is 1.00. The second kappa shape index (κ2) is 12.1. The first kappa shape index (κ1) is 16.1. The quantitative estimate of drug-likeness (QED) is 0.578. The highest BCUT2D eigenvalue weighted by molar-refractivity contribution is 6.08. The number of nitrogens with one attached hydrogen (secondary N) is 3. The van der Waals surface area contributed by atoms with Gasteiger partial charge in [-0.2, -0.15) is 0 Å². The van der Waals surface area contributed by atoms with Crippen LogP contribution in [0.25, 0.3) is 0 Å². The summed E-state index contributed by atoms with van der Waals surface area (Å²) in [6, 6.07) is 1.44. The Hall–Kier alpha value is 0.0569. The Kier molecular flexibility index (Phi) is 10.8. The van der Waals surface area contributed by atoms with E-state index in [-0.39, 0.29) is 0 Å². The first-order chi connectivity index (χ1) is 8.93. The van der Waals surface area contributed by atoms with Crippen LogP contribution in [-0.2, 0) is 0 Å². The molecule has 1 saturated heterocycles. The lowest BCUT2D eigenvalue weighted by Crippen LogP contribution is -2.37. The molecular weight excluding hydrogens is 240 g/mol. The maximum absolute atomic E-state index is 3.56. The molecule has 0 aromatic heterocycles. The van der Waals surface area contributed by atoms with Crippen LogP contribution < -0.4 is 16.0 Å². The van der Waals surface area contributed by atoms with Gasteiger partial charge in [0.1, 0.15) is 0 Å². The van der Waals surface area contributed by atoms with Crippen LogP contribution in [0.2, 0.25) is 6.04 Å². The molecule has 108 valence electrons. The monoisotopic (exact) mass is 272 g/mol. The van der Waals surface area contributed by atoms with E-state index in [1.165, 1.54) is 55.2 Å². The largest absolute Gasteiger partial charge is 0.315 e. The lowest BCUT2D eigenvalue weighted by Gasteiger charge is -2.22. The van der Waals surface area contributed by atoms with Crippen molar-refractivity contribution in [1.29, 1.82) is 0 Å². The van der Waals surface area contributed by atoms with Gasteiger partial charge in [-0.05, 0) is 52.0 Å². The van der Waals surface area contributed by atoms with E-state index in [9.17, 15) is 0 Å². The van der Waals surface area contributed by atoms with Gasteiger partial charge in [0.2, 0.25) is 0 Å². The lowest BCUT2D eigenvalue weighted by atomic mass is 10.3. The number of hydrogen-bond acceptors (Lipinski definition) is 4. The average molecular weight is 273 g/mol. The Morgan fingerprint density at radius 1 is 0.778 bits per heavy atom. The van der Waals surface area contributed by atoms with Crippen LogP contribution in [0.15, 0.2) is 0 Å². The zero-order valence-electron chi connectivity index (χ0n) is 12.1. The minimum Gasteiger partial charge on any atom is -0.315 e. The Morgan fingerprint density at radius 3 is 2.17 bits per heavy atom. The number of nitrogens with zero attached hydrogens (tertiary/aromatic N) is 1. The van der Waals surface area contributed by atoms with Crippen molar-refractivity contribution in [2.45, 2.75) is 25.3 Å². The second-order valence-electron chi connectivity index (χ2n) is 5.15. The zero-order valence-corrected chi connectivity index (χ0v) is 14.1. The second-order valence-corrected chi connectivity index (χ2v) is 6.15. The standard InChI is InChI=1S/C13H32N4Si/c18-13-3-11-17-10-2-6-15-8-7-14-4-1-5-16-9-12-17/h14-16H,1-13H2,18H3. The Bertz CT molecular complexity index is 166. The van der Waals surface area contributed by atoms with Crippen molar-refractivity contribution >= 4 is 10.2 Å². The van der Waals surface area contributed by atoms with E-state index in [1.807, 2.05) is 0 Å². The predicted molar refractivity (Wildman–Crippen MR) is 83.6 cm³/mol. The van der Waals surface area contributed by atoms with E-state index < -0.39 is 0 Å². The highest BCUT2D eigenvalue weighted by Gasteiger charge is 2.04. The maximum atomic E-state index is 3.56. The molecule has 0 saturated carbocycles. The van der Waals surface area contributed by atoms with Gasteiger partial charge < -0.3 is 20.9 Å². The summed E-state index contributed by atoms with van der Waals surface area (Å²) in [4.78, 5) is 2.64. The van der Waals surface area contributed by atoms with Crippen molar-refractivity contribution in [2.75, 3.05) is 58.9 Å². The van der Waals surface area contributed by atoms with Gasteiger partial charge in [-0.15, -0.1) is 0 Å². The molecule has 0 aromatic rings. The van der Waals surface area contributed by atoms with Crippen molar-refractivity contribution in [3.8, 4) is 0 Å². The van der Waals surface area contributed by atoms with Gasteiger partial charge in [-0.25, -0.2) is 0 Å². The van der Waals surface area contributed by atoms with Crippen LogP contribution in [0.1, 0.15) is 19.3 Å². The lowest BCUT2D eigenvalue weighted by molar-refractivity contribution is 0.268. The van der Waals surface area contributed by atoms with Crippen molar-refractivity contribution in [1.82, 2.24) is 20.9 Å². The van der Waals surface area contributed by atoms with E-state index in [4.69, 9.17) is 0 Å².